The van der Waals surface area contributed by atoms with Crippen LogP contribution in [0.3, 0.4) is 0 Å². The van der Waals surface area contributed by atoms with Crippen molar-refractivity contribution < 1.29 is 9.21 Å². The van der Waals surface area contributed by atoms with Crippen molar-refractivity contribution >= 4 is 39.1 Å². The fourth-order valence-electron chi connectivity index (χ4n) is 2.63. The van der Waals surface area contributed by atoms with Gasteiger partial charge in [0.25, 0.3) is 0 Å². The number of carbonyl (C=O) groups excluding carboxylic acids is 1. The van der Waals surface area contributed by atoms with Crippen LogP contribution in [0.4, 0.5) is 0 Å². The van der Waals surface area contributed by atoms with Crippen LogP contribution in [0.15, 0.2) is 65.1 Å². The molecule has 2 aromatic heterocycles. The summed E-state index contributed by atoms with van der Waals surface area (Å²) < 4.78 is 6.95. The Morgan fingerprint density at radius 2 is 1.88 bits per heavy atom. The number of amides is 1. The highest BCUT2D eigenvalue weighted by Crippen LogP contribution is 2.31. The third-order valence-electron chi connectivity index (χ3n) is 3.93. The molecular weight excluding hydrogens is 368 g/mol. The Bertz CT molecular complexity index is 1040. The van der Waals surface area contributed by atoms with Crippen LogP contribution < -0.4 is 5.32 Å². The van der Waals surface area contributed by atoms with Gasteiger partial charge in [-0.15, -0.1) is 11.3 Å². The van der Waals surface area contributed by atoms with E-state index in [1.165, 1.54) is 0 Å². The summed E-state index contributed by atoms with van der Waals surface area (Å²) in [5, 5.41) is 4.29. The topological polar surface area (TPSA) is 55.1 Å². The van der Waals surface area contributed by atoms with Crippen molar-refractivity contribution in [3.8, 4) is 10.8 Å². The summed E-state index contributed by atoms with van der Waals surface area (Å²) in [5.41, 5.74) is 1.76. The van der Waals surface area contributed by atoms with Crippen LogP contribution in [0.5, 0.6) is 0 Å². The van der Waals surface area contributed by atoms with Gasteiger partial charge in [0.1, 0.15) is 5.76 Å². The molecule has 0 aliphatic carbocycles. The maximum Gasteiger partial charge on any atom is 0.224 e. The van der Waals surface area contributed by atoms with Crippen LogP contribution in [-0.4, -0.2) is 10.9 Å². The van der Waals surface area contributed by atoms with Gasteiger partial charge in [0.15, 0.2) is 10.8 Å². The normalized spacial score (nSPS) is 11.0. The smallest absolute Gasteiger partial charge is 0.224 e. The first-order valence-corrected chi connectivity index (χ1v) is 9.33. The average molecular weight is 383 g/mol. The quantitative estimate of drug-likeness (QED) is 0.524. The number of fused-ring (bicyclic) bond motifs is 1. The molecule has 0 saturated heterocycles. The van der Waals surface area contributed by atoms with E-state index < -0.39 is 0 Å². The molecule has 26 heavy (non-hydrogen) atoms. The van der Waals surface area contributed by atoms with Crippen molar-refractivity contribution in [3.05, 3.63) is 77.0 Å². The zero-order valence-electron chi connectivity index (χ0n) is 13.7. The Kier molecular flexibility index (Phi) is 4.73. The number of nitrogens with zero attached hydrogens (tertiary/aromatic N) is 1. The maximum absolute atomic E-state index is 12.1. The van der Waals surface area contributed by atoms with Gasteiger partial charge in [0, 0.05) is 5.02 Å². The predicted molar refractivity (Wildman–Crippen MR) is 104 cm³/mol. The highest BCUT2D eigenvalue weighted by Gasteiger charge is 2.12. The van der Waals surface area contributed by atoms with E-state index in [9.17, 15) is 4.79 Å². The molecule has 130 valence electrons. The van der Waals surface area contributed by atoms with Crippen LogP contribution in [-0.2, 0) is 17.8 Å². The van der Waals surface area contributed by atoms with Gasteiger partial charge in [-0.1, -0.05) is 41.9 Å². The second-order valence-corrected chi connectivity index (χ2v) is 7.24. The lowest BCUT2D eigenvalue weighted by Gasteiger charge is -2.05. The number of hydrogen-bond acceptors (Lipinski definition) is 4. The highest BCUT2D eigenvalue weighted by atomic mass is 35.5. The summed E-state index contributed by atoms with van der Waals surface area (Å²) in [6.45, 7) is 0.328. The van der Waals surface area contributed by atoms with Gasteiger partial charge in [0.2, 0.25) is 5.91 Å². The fraction of sp³-hybridized carbons (Fsp3) is 0.100. The number of para-hydroxylation sites is 1. The molecule has 6 heteroatoms. The number of thiazole rings is 1. The number of nitrogens with one attached hydrogen (secondary N) is 1. The second kappa shape index (κ2) is 7.32. The number of carbonyl (C=O) groups is 1. The first kappa shape index (κ1) is 16.8. The van der Waals surface area contributed by atoms with E-state index in [2.05, 4.69) is 10.3 Å². The van der Waals surface area contributed by atoms with Crippen molar-refractivity contribution in [2.45, 2.75) is 13.0 Å². The van der Waals surface area contributed by atoms with Crippen LogP contribution in [0, 0.1) is 0 Å². The summed E-state index contributed by atoms with van der Waals surface area (Å²) in [4.78, 5) is 16.7. The minimum Gasteiger partial charge on any atom is -0.457 e. The largest absolute Gasteiger partial charge is 0.457 e. The van der Waals surface area contributed by atoms with Crippen LogP contribution in [0.2, 0.25) is 5.02 Å². The van der Waals surface area contributed by atoms with E-state index in [1.54, 1.807) is 17.4 Å². The van der Waals surface area contributed by atoms with Crippen molar-refractivity contribution in [1.82, 2.24) is 10.3 Å². The Morgan fingerprint density at radius 1 is 1.08 bits per heavy atom. The molecule has 4 nitrogen and oxygen atoms in total. The summed E-state index contributed by atoms with van der Waals surface area (Å²) >= 11 is 7.67. The zero-order valence-corrected chi connectivity index (χ0v) is 15.3. The molecule has 1 N–H and O–H groups in total. The molecule has 0 saturated carbocycles. The van der Waals surface area contributed by atoms with Gasteiger partial charge >= 0.3 is 0 Å². The molecule has 0 fully saturated rings. The number of furan rings is 1. The predicted octanol–water partition coefficient (Wildman–Crippen LogP) is 5.07. The Morgan fingerprint density at radius 3 is 2.73 bits per heavy atom. The van der Waals surface area contributed by atoms with Gasteiger partial charge in [-0.2, -0.15) is 0 Å². The Balaban J connectivity index is 1.40. The van der Waals surface area contributed by atoms with E-state index in [4.69, 9.17) is 16.0 Å². The standard InChI is InChI=1S/C20H15ClN2O2S/c21-15-6-2-1-5-13(15)11-19(24)22-12-14-9-10-17(25-14)20-23-16-7-3-4-8-18(16)26-20/h1-10H,11-12H2,(H,22,24). The second-order valence-electron chi connectivity index (χ2n) is 5.80. The molecule has 0 atom stereocenters. The number of aromatic nitrogens is 1. The molecule has 0 unspecified atom stereocenters. The molecule has 4 aromatic rings. The molecular formula is C20H15ClN2O2S. The summed E-state index contributed by atoms with van der Waals surface area (Å²) in [6, 6.07) is 19.1. The third-order valence-corrected chi connectivity index (χ3v) is 5.35. The van der Waals surface area contributed by atoms with E-state index in [1.807, 2.05) is 54.6 Å². The molecule has 0 radical (unpaired) electrons. The van der Waals surface area contributed by atoms with Crippen molar-refractivity contribution in [2.75, 3.05) is 0 Å². The third kappa shape index (κ3) is 3.64. The number of halogens is 1. The van der Waals surface area contributed by atoms with Gasteiger partial charge in [-0.25, -0.2) is 4.98 Å². The number of rotatable bonds is 5. The van der Waals surface area contributed by atoms with E-state index in [0.717, 1.165) is 20.8 Å². The first-order valence-electron chi connectivity index (χ1n) is 8.14. The van der Waals surface area contributed by atoms with Gasteiger partial charge < -0.3 is 9.73 Å². The van der Waals surface area contributed by atoms with Gasteiger partial charge in [-0.3, -0.25) is 4.79 Å². The lowest BCUT2D eigenvalue weighted by Crippen LogP contribution is -2.24. The molecule has 4 rings (SSSR count). The number of benzene rings is 2. The molecule has 0 bridgehead atoms. The number of hydrogen-bond donors (Lipinski definition) is 1. The minimum atomic E-state index is -0.101. The Labute approximate surface area is 159 Å². The van der Waals surface area contributed by atoms with E-state index in [-0.39, 0.29) is 12.3 Å². The van der Waals surface area contributed by atoms with Crippen LogP contribution in [0.25, 0.3) is 21.0 Å². The SMILES string of the molecule is O=C(Cc1ccccc1Cl)NCc1ccc(-c2nc3ccccc3s2)o1. The molecule has 2 heterocycles. The summed E-state index contributed by atoms with van der Waals surface area (Å²) in [6.07, 6.45) is 0.241. The van der Waals surface area contributed by atoms with E-state index in [0.29, 0.717) is 23.1 Å². The molecule has 0 aliphatic heterocycles. The maximum atomic E-state index is 12.1. The zero-order chi connectivity index (χ0) is 17.9. The average Bonchev–Trinajstić information content (AvgIpc) is 3.28. The van der Waals surface area contributed by atoms with Crippen molar-refractivity contribution in [3.63, 3.8) is 0 Å². The molecule has 0 spiro atoms. The molecule has 1 amide bonds. The highest BCUT2D eigenvalue weighted by molar-refractivity contribution is 7.21. The molecule has 0 aliphatic rings. The van der Waals surface area contributed by atoms with Crippen LogP contribution >= 0.6 is 22.9 Å². The van der Waals surface area contributed by atoms with Crippen LogP contribution in [0.1, 0.15) is 11.3 Å². The van der Waals surface area contributed by atoms with E-state index >= 15 is 0 Å². The minimum absolute atomic E-state index is 0.101. The lowest BCUT2D eigenvalue weighted by atomic mass is 10.1. The lowest BCUT2D eigenvalue weighted by molar-refractivity contribution is -0.120. The first-order chi connectivity index (χ1) is 12.7. The summed E-state index contributed by atoms with van der Waals surface area (Å²) in [7, 11) is 0. The monoisotopic (exact) mass is 382 g/mol. The fourth-order valence-corrected chi connectivity index (χ4v) is 3.76. The van der Waals surface area contributed by atoms with Crippen molar-refractivity contribution in [1.29, 1.82) is 0 Å². The van der Waals surface area contributed by atoms with Gasteiger partial charge in [0.05, 0.1) is 23.2 Å². The van der Waals surface area contributed by atoms with Crippen molar-refractivity contribution in [2.24, 2.45) is 0 Å². The van der Waals surface area contributed by atoms with Gasteiger partial charge in [-0.05, 0) is 35.9 Å². The Hall–Kier alpha value is -2.63. The summed E-state index contributed by atoms with van der Waals surface area (Å²) in [5.74, 6) is 1.30. The molecule has 2 aromatic carbocycles.